The molecule has 6 nitrogen and oxygen atoms in total. The van der Waals surface area contributed by atoms with Gasteiger partial charge >= 0.3 is 0 Å². The Balaban J connectivity index is 1.65. The Kier molecular flexibility index (Phi) is 5.32. The molecule has 1 aliphatic carbocycles. The number of aromatic nitrogens is 2. The minimum Gasteiger partial charge on any atom is -0.352 e. The average Bonchev–Trinajstić information content (AvgIpc) is 3.07. The summed E-state index contributed by atoms with van der Waals surface area (Å²) in [6.45, 7) is 4.29. The molecule has 1 atom stereocenters. The highest BCUT2D eigenvalue weighted by atomic mass is 32.2. The Labute approximate surface area is 149 Å². The predicted molar refractivity (Wildman–Crippen MR) is 97.5 cm³/mol. The van der Waals surface area contributed by atoms with Crippen LogP contribution in [-0.2, 0) is 9.84 Å². The number of hydrogen-bond acceptors (Lipinski definition) is 4. The van der Waals surface area contributed by atoms with Crippen LogP contribution in [0.2, 0.25) is 0 Å². The molecule has 0 radical (unpaired) electrons. The number of allylic oxidation sites excluding steroid dienone is 1. The summed E-state index contributed by atoms with van der Waals surface area (Å²) in [5, 5.41) is 7.45. The van der Waals surface area contributed by atoms with Gasteiger partial charge in [0.05, 0.1) is 28.8 Å². The van der Waals surface area contributed by atoms with E-state index in [0.29, 0.717) is 24.2 Å². The van der Waals surface area contributed by atoms with Crippen molar-refractivity contribution in [2.45, 2.75) is 58.4 Å². The van der Waals surface area contributed by atoms with E-state index in [1.165, 1.54) is 18.4 Å². The van der Waals surface area contributed by atoms with Crippen LogP contribution in [0.25, 0.3) is 0 Å². The van der Waals surface area contributed by atoms with Gasteiger partial charge in [-0.3, -0.25) is 9.48 Å². The Morgan fingerprint density at radius 3 is 2.80 bits per heavy atom. The first-order chi connectivity index (χ1) is 11.9. The number of aryl methyl sites for hydroxylation is 1. The fourth-order valence-corrected chi connectivity index (χ4v) is 5.56. The molecular weight excluding hydrogens is 338 g/mol. The van der Waals surface area contributed by atoms with Crippen LogP contribution < -0.4 is 5.32 Å². The van der Waals surface area contributed by atoms with Gasteiger partial charge in [0.25, 0.3) is 5.91 Å². The molecule has 1 aromatic rings. The number of nitrogens with zero attached hydrogens (tertiary/aromatic N) is 2. The molecule has 0 aromatic carbocycles. The monoisotopic (exact) mass is 365 g/mol. The molecule has 25 heavy (non-hydrogen) atoms. The predicted octanol–water partition coefficient (Wildman–Crippen LogP) is 2.48. The molecule has 0 saturated carbocycles. The molecule has 138 valence electrons. The summed E-state index contributed by atoms with van der Waals surface area (Å²) < 4.78 is 25.2. The highest BCUT2D eigenvalue weighted by molar-refractivity contribution is 7.91. The van der Waals surface area contributed by atoms with E-state index in [4.69, 9.17) is 0 Å². The Morgan fingerprint density at radius 1 is 1.36 bits per heavy atom. The van der Waals surface area contributed by atoms with Crippen molar-refractivity contribution in [3.8, 4) is 0 Å². The molecular formula is C18H27N3O3S. The SMILES string of the molecule is Cc1nn([C@@H]2CCS(=O)(=O)C2)c(C)c1C(=O)NCCC1=CCCCC1. The molecule has 3 rings (SSSR count). The van der Waals surface area contributed by atoms with Crippen LogP contribution in [0.5, 0.6) is 0 Å². The van der Waals surface area contributed by atoms with Gasteiger partial charge in [-0.25, -0.2) is 8.42 Å². The molecule has 1 N–H and O–H groups in total. The summed E-state index contributed by atoms with van der Waals surface area (Å²) in [4.78, 5) is 12.6. The zero-order chi connectivity index (χ0) is 18.0. The van der Waals surface area contributed by atoms with E-state index in [1.807, 2.05) is 13.8 Å². The quantitative estimate of drug-likeness (QED) is 0.813. The van der Waals surface area contributed by atoms with Crippen LogP contribution in [0.4, 0.5) is 0 Å². The fourth-order valence-electron chi connectivity index (χ4n) is 3.87. The van der Waals surface area contributed by atoms with Crippen LogP contribution >= 0.6 is 0 Å². The van der Waals surface area contributed by atoms with E-state index in [0.717, 1.165) is 25.0 Å². The van der Waals surface area contributed by atoms with E-state index in [2.05, 4.69) is 16.5 Å². The van der Waals surface area contributed by atoms with Crippen molar-refractivity contribution in [3.63, 3.8) is 0 Å². The van der Waals surface area contributed by atoms with Crippen molar-refractivity contribution in [1.82, 2.24) is 15.1 Å². The summed E-state index contributed by atoms with van der Waals surface area (Å²) in [6.07, 6.45) is 8.57. The number of sulfone groups is 1. The van der Waals surface area contributed by atoms with Gasteiger partial charge in [-0.05, 0) is 52.4 Å². The summed E-state index contributed by atoms with van der Waals surface area (Å²) in [5.41, 5.74) is 3.44. The normalized spacial score (nSPS) is 22.6. The third kappa shape index (κ3) is 4.14. The van der Waals surface area contributed by atoms with Crippen LogP contribution in [-0.4, -0.2) is 42.2 Å². The minimum atomic E-state index is -2.98. The van der Waals surface area contributed by atoms with E-state index in [1.54, 1.807) is 4.68 Å². The van der Waals surface area contributed by atoms with Gasteiger partial charge in [0, 0.05) is 12.2 Å². The van der Waals surface area contributed by atoms with Crippen LogP contribution in [0.3, 0.4) is 0 Å². The van der Waals surface area contributed by atoms with E-state index < -0.39 is 9.84 Å². The first kappa shape index (κ1) is 18.2. The minimum absolute atomic E-state index is 0.112. The largest absolute Gasteiger partial charge is 0.352 e. The van der Waals surface area contributed by atoms with Gasteiger partial charge < -0.3 is 5.32 Å². The lowest BCUT2D eigenvalue weighted by molar-refractivity contribution is 0.0952. The maximum Gasteiger partial charge on any atom is 0.255 e. The Bertz CT molecular complexity index is 793. The van der Waals surface area contributed by atoms with E-state index >= 15 is 0 Å². The maximum absolute atomic E-state index is 12.6. The Hall–Kier alpha value is -1.63. The fraction of sp³-hybridized carbons (Fsp3) is 0.667. The first-order valence-corrected chi connectivity index (χ1v) is 10.9. The van der Waals surface area contributed by atoms with E-state index in [9.17, 15) is 13.2 Å². The molecule has 1 aromatic heterocycles. The summed E-state index contributed by atoms with van der Waals surface area (Å²) in [7, 11) is -2.98. The molecule has 7 heteroatoms. The summed E-state index contributed by atoms with van der Waals surface area (Å²) >= 11 is 0. The number of hydrogen-bond donors (Lipinski definition) is 1. The van der Waals surface area contributed by atoms with Crippen molar-refractivity contribution >= 4 is 15.7 Å². The topological polar surface area (TPSA) is 81.1 Å². The molecule has 1 saturated heterocycles. The molecule has 1 amide bonds. The van der Waals surface area contributed by atoms with Crippen LogP contribution in [0.1, 0.15) is 66.3 Å². The molecule has 2 heterocycles. The number of nitrogens with one attached hydrogen (secondary N) is 1. The lowest BCUT2D eigenvalue weighted by Crippen LogP contribution is -2.26. The van der Waals surface area contributed by atoms with Crippen molar-refractivity contribution in [1.29, 1.82) is 0 Å². The Morgan fingerprint density at radius 2 is 2.16 bits per heavy atom. The molecule has 0 bridgehead atoms. The van der Waals surface area contributed by atoms with Crippen molar-refractivity contribution < 1.29 is 13.2 Å². The molecule has 1 fully saturated rings. The molecule has 0 unspecified atom stereocenters. The van der Waals surface area contributed by atoms with Crippen LogP contribution in [0.15, 0.2) is 11.6 Å². The lowest BCUT2D eigenvalue weighted by atomic mass is 9.97. The van der Waals surface area contributed by atoms with Gasteiger partial charge in [-0.2, -0.15) is 5.10 Å². The van der Waals surface area contributed by atoms with Gasteiger partial charge in [0.2, 0.25) is 0 Å². The first-order valence-electron chi connectivity index (χ1n) is 9.09. The number of carbonyl (C=O) groups excluding carboxylic acids is 1. The van der Waals surface area contributed by atoms with Gasteiger partial charge in [-0.15, -0.1) is 0 Å². The second-order valence-corrected chi connectivity index (χ2v) is 9.39. The highest BCUT2D eigenvalue weighted by Gasteiger charge is 2.32. The number of amides is 1. The molecule has 2 aliphatic rings. The number of carbonyl (C=O) groups is 1. The highest BCUT2D eigenvalue weighted by Crippen LogP contribution is 2.27. The van der Waals surface area contributed by atoms with Gasteiger partial charge in [-0.1, -0.05) is 11.6 Å². The third-order valence-electron chi connectivity index (χ3n) is 5.22. The zero-order valence-electron chi connectivity index (χ0n) is 15.0. The molecule has 0 spiro atoms. The number of rotatable bonds is 5. The second kappa shape index (κ2) is 7.32. The van der Waals surface area contributed by atoms with Gasteiger partial charge in [0.15, 0.2) is 9.84 Å². The van der Waals surface area contributed by atoms with Crippen molar-refractivity contribution in [2.24, 2.45) is 0 Å². The summed E-state index contributed by atoms with van der Waals surface area (Å²) in [5.74, 6) is 0.204. The zero-order valence-corrected chi connectivity index (χ0v) is 15.9. The van der Waals surface area contributed by atoms with Crippen molar-refractivity contribution in [3.05, 3.63) is 28.6 Å². The maximum atomic E-state index is 12.6. The smallest absolute Gasteiger partial charge is 0.255 e. The third-order valence-corrected chi connectivity index (χ3v) is 6.97. The summed E-state index contributed by atoms with van der Waals surface area (Å²) in [6, 6.07) is -0.155. The van der Waals surface area contributed by atoms with Gasteiger partial charge in [0.1, 0.15) is 0 Å². The average molecular weight is 365 g/mol. The van der Waals surface area contributed by atoms with E-state index in [-0.39, 0.29) is 23.5 Å². The van der Waals surface area contributed by atoms with Crippen LogP contribution in [0, 0.1) is 13.8 Å². The standard InChI is InChI=1S/C18H27N3O3S/c1-13-17(18(22)19-10-8-15-6-4-3-5-7-15)14(2)21(20-13)16-9-11-25(23,24)12-16/h6,16H,3-5,7-12H2,1-2H3,(H,19,22)/t16-/m1/s1. The van der Waals surface area contributed by atoms with Crippen molar-refractivity contribution in [2.75, 3.05) is 18.1 Å². The second-order valence-electron chi connectivity index (χ2n) is 7.16. The molecule has 1 aliphatic heterocycles. The lowest BCUT2D eigenvalue weighted by Gasteiger charge is -2.13.